The van der Waals surface area contributed by atoms with Crippen LogP contribution in [0.3, 0.4) is 0 Å². The normalized spacial score (nSPS) is 21.3. The van der Waals surface area contributed by atoms with Gasteiger partial charge in [0.05, 0.1) is 9.88 Å². The number of piperidine rings is 1. The summed E-state index contributed by atoms with van der Waals surface area (Å²) >= 11 is 1.48. The fourth-order valence-corrected chi connectivity index (χ4v) is 3.94. The topological polar surface area (TPSA) is 68.0 Å². The maximum atomic E-state index is 13.1. The highest BCUT2D eigenvalue weighted by molar-refractivity contribution is 7.15. The van der Waals surface area contributed by atoms with E-state index in [-0.39, 0.29) is 23.6 Å². The molecule has 1 fully saturated rings. The highest BCUT2D eigenvalue weighted by Gasteiger charge is 2.30. The zero-order valence-corrected chi connectivity index (χ0v) is 13.8. The summed E-state index contributed by atoms with van der Waals surface area (Å²) < 4.78 is 13.1. The van der Waals surface area contributed by atoms with Crippen LogP contribution < -0.4 is 11.1 Å². The van der Waals surface area contributed by atoms with Gasteiger partial charge in [0, 0.05) is 18.5 Å². The average molecular weight is 333 g/mol. The molecule has 0 radical (unpaired) electrons. The number of thiazole rings is 1. The molecule has 3 rings (SSSR count). The summed E-state index contributed by atoms with van der Waals surface area (Å²) in [5.74, 6) is -0.258. The van der Waals surface area contributed by atoms with Crippen LogP contribution in [0.15, 0.2) is 24.3 Å². The van der Waals surface area contributed by atoms with Crippen molar-refractivity contribution in [2.24, 2.45) is 11.7 Å². The van der Waals surface area contributed by atoms with Gasteiger partial charge < -0.3 is 11.1 Å². The summed E-state index contributed by atoms with van der Waals surface area (Å²) in [6, 6.07) is 6.40. The number of nitrogens with two attached hydrogens (primary N) is 1. The van der Waals surface area contributed by atoms with Crippen molar-refractivity contribution in [1.82, 2.24) is 10.3 Å². The number of halogens is 1. The first-order chi connectivity index (χ1) is 11.1. The smallest absolute Gasteiger partial charge is 0.185 e. The minimum atomic E-state index is -0.285. The third kappa shape index (κ3) is 3.49. The molecule has 1 aromatic carbocycles. The van der Waals surface area contributed by atoms with Crippen molar-refractivity contribution in [1.29, 1.82) is 0 Å². The van der Waals surface area contributed by atoms with Gasteiger partial charge in [0.15, 0.2) is 5.78 Å². The first kappa shape index (κ1) is 16.2. The van der Waals surface area contributed by atoms with Gasteiger partial charge in [-0.05, 0) is 44.0 Å². The molecule has 122 valence electrons. The van der Waals surface area contributed by atoms with Crippen LogP contribution in [0, 0.1) is 18.7 Å². The van der Waals surface area contributed by atoms with E-state index in [0.29, 0.717) is 12.2 Å². The molecule has 1 saturated heterocycles. The molecule has 0 amide bonds. The number of ketones is 1. The number of carbonyl (C=O) groups is 1. The van der Waals surface area contributed by atoms with Crippen LogP contribution in [0.25, 0.3) is 10.4 Å². The van der Waals surface area contributed by atoms with E-state index in [9.17, 15) is 9.18 Å². The highest BCUT2D eigenvalue weighted by atomic mass is 32.1. The van der Waals surface area contributed by atoms with Crippen molar-refractivity contribution < 1.29 is 9.18 Å². The summed E-state index contributed by atoms with van der Waals surface area (Å²) in [5, 5.41) is 4.17. The number of hydrogen-bond acceptors (Lipinski definition) is 5. The van der Waals surface area contributed by atoms with Crippen LogP contribution in [0.1, 0.15) is 28.3 Å². The fraction of sp³-hybridized carbons (Fsp3) is 0.412. The average Bonchev–Trinajstić information content (AvgIpc) is 2.96. The van der Waals surface area contributed by atoms with Gasteiger partial charge in [-0.15, -0.1) is 11.3 Å². The number of Topliss-reactive ketones (excluding diaryl/α,β-unsaturated/α-hetero) is 1. The Balaban J connectivity index is 1.90. The molecule has 1 aliphatic rings. The van der Waals surface area contributed by atoms with Crippen LogP contribution in [-0.2, 0) is 0 Å². The summed E-state index contributed by atoms with van der Waals surface area (Å²) in [4.78, 5) is 18.2. The Morgan fingerprint density at radius 2 is 2.17 bits per heavy atom. The molecule has 6 heteroatoms. The van der Waals surface area contributed by atoms with Crippen LogP contribution in [-0.4, -0.2) is 29.9 Å². The lowest BCUT2D eigenvalue weighted by Crippen LogP contribution is -2.44. The fourth-order valence-electron chi connectivity index (χ4n) is 3.01. The molecule has 3 N–H and O–H groups in total. The number of carbonyl (C=O) groups excluding carboxylic acids is 1. The monoisotopic (exact) mass is 333 g/mol. The molecule has 0 bridgehead atoms. The van der Waals surface area contributed by atoms with E-state index in [2.05, 4.69) is 10.3 Å². The van der Waals surface area contributed by atoms with Crippen molar-refractivity contribution >= 4 is 17.1 Å². The second-order valence-corrected chi connectivity index (χ2v) is 7.09. The van der Waals surface area contributed by atoms with E-state index in [1.54, 1.807) is 12.1 Å². The van der Waals surface area contributed by atoms with Gasteiger partial charge in [0.2, 0.25) is 0 Å². The van der Waals surface area contributed by atoms with E-state index >= 15 is 0 Å². The van der Waals surface area contributed by atoms with Crippen molar-refractivity contribution in [3.8, 4) is 10.4 Å². The molecular weight excluding hydrogens is 313 g/mol. The van der Waals surface area contributed by atoms with Crippen molar-refractivity contribution in [2.75, 3.05) is 13.1 Å². The number of rotatable bonds is 4. The van der Waals surface area contributed by atoms with E-state index < -0.39 is 0 Å². The Kier molecular flexibility index (Phi) is 4.84. The Morgan fingerprint density at radius 3 is 2.87 bits per heavy atom. The SMILES string of the molecule is Cc1nc(C(=O)C2CCN[C@H](CN)C2)c(-c2ccc(F)cc2)s1. The molecule has 1 aromatic heterocycles. The zero-order chi connectivity index (χ0) is 16.4. The van der Waals surface area contributed by atoms with Crippen LogP contribution in [0.2, 0.25) is 0 Å². The number of benzene rings is 1. The molecule has 2 atom stereocenters. The number of aryl methyl sites for hydroxylation is 1. The van der Waals surface area contributed by atoms with Crippen molar-refractivity contribution in [3.63, 3.8) is 0 Å². The van der Waals surface area contributed by atoms with Gasteiger partial charge in [0.1, 0.15) is 11.5 Å². The predicted octanol–water partition coefficient (Wildman–Crippen LogP) is 2.77. The summed E-state index contributed by atoms with van der Waals surface area (Å²) in [5.41, 5.74) is 7.07. The molecule has 0 aliphatic carbocycles. The predicted molar refractivity (Wildman–Crippen MR) is 90.1 cm³/mol. The molecule has 0 saturated carbocycles. The lowest BCUT2D eigenvalue weighted by Gasteiger charge is -2.28. The lowest BCUT2D eigenvalue weighted by atomic mass is 9.87. The maximum Gasteiger partial charge on any atom is 0.185 e. The van der Waals surface area contributed by atoms with Gasteiger partial charge >= 0.3 is 0 Å². The standard InChI is InChI=1S/C17H20FN3OS/c1-10-21-15(16(22)12-6-7-20-14(8-12)9-19)17(23-10)11-2-4-13(18)5-3-11/h2-5,12,14,20H,6-9,19H2,1H3/t12?,14-/m0/s1. The van der Waals surface area contributed by atoms with Gasteiger partial charge in [-0.1, -0.05) is 12.1 Å². The van der Waals surface area contributed by atoms with Gasteiger partial charge in [-0.25, -0.2) is 9.37 Å². The van der Waals surface area contributed by atoms with E-state index in [1.807, 2.05) is 6.92 Å². The Morgan fingerprint density at radius 1 is 1.43 bits per heavy atom. The van der Waals surface area contributed by atoms with E-state index in [4.69, 9.17) is 5.73 Å². The van der Waals surface area contributed by atoms with Gasteiger partial charge in [-0.3, -0.25) is 4.79 Å². The number of hydrogen-bond donors (Lipinski definition) is 2. The van der Waals surface area contributed by atoms with E-state index in [1.165, 1.54) is 23.5 Å². The van der Waals surface area contributed by atoms with Crippen molar-refractivity contribution in [2.45, 2.75) is 25.8 Å². The number of nitrogens with zero attached hydrogens (tertiary/aromatic N) is 1. The molecule has 2 aromatic rings. The van der Waals surface area contributed by atoms with E-state index in [0.717, 1.165) is 34.8 Å². The van der Waals surface area contributed by atoms with Crippen LogP contribution in [0.4, 0.5) is 4.39 Å². The quantitative estimate of drug-likeness (QED) is 0.844. The second-order valence-electron chi connectivity index (χ2n) is 5.89. The van der Waals surface area contributed by atoms with Gasteiger partial charge in [-0.2, -0.15) is 0 Å². The molecule has 2 heterocycles. The Labute approximate surface area is 138 Å². The van der Waals surface area contributed by atoms with Gasteiger partial charge in [0.25, 0.3) is 0 Å². The Hall–Kier alpha value is -1.63. The first-order valence-corrected chi connectivity index (χ1v) is 8.61. The zero-order valence-electron chi connectivity index (χ0n) is 13.0. The van der Waals surface area contributed by atoms with Crippen molar-refractivity contribution in [3.05, 3.63) is 40.8 Å². The number of aromatic nitrogens is 1. The summed E-state index contributed by atoms with van der Waals surface area (Å²) in [7, 11) is 0. The lowest BCUT2D eigenvalue weighted by molar-refractivity contribution is 0.0876. The minimum absolute atomic E-state index is 0.0505. The Bertz CT molecular complexity index is 698. The third-order valence-electron chi connectivity index (χ3n) is 4.22. The van der Waals surface area contributed by atoms with Crippen LogP contribution in [0.5, 0.6) is 0 Å². The maximum absolute atomic E-state index is 13.1. The first-order valence-electron chi connectivity index (χ1n) is 7.79. The molecular formula is C17H20FN3OS. The van der Waals surface area contributed by atoms with Crippen LogP contribution >= 0.6 is 11.3 Å². The highest BCUT2D eigenvalue weighted by Crippen LogP contribution is 2.33. The molecule has 4 nitrogen and oxygen atoms in total. The number of nitrogens with one attached hydrogen (secondary N) is 1. The molecule has 1 unspecified atom stereocenters. The summed E-state index contributed by atoms with van der Waals surface area (Å²) in [6.07, 6.45) is 1.55. The molecule has 0 spiro atoms. The minimum Gasteiger partial charge on any atom is -0.329 e. The largest absolute Gasteiger partial charge is 0.329 e. The molecule has 1 aliphatic heterocycles. The molecule has 23 heavy (non-hydrogen) atoms. The third-order valence-corrected chi connectivity index (χ3v) is 5.24. The summed E-state index contributed by atoms with van der Waals surface area (Å²) in [6.45, 7) is 3.22. The second kappa shape index (κ2) is 6.86.